The summed E-state index contributed by atoms with van der Waals surface area (Å²) in [6.45, 7) is 3.56. The summed E-state index contributed by atoms with van der Waals surface area (Å²) >= 11 is 0. The minimum Gasteiger partial charge on any atom is -0.352 e. The molecule has 1 amide bonds. The van der Waals surface area contributed by atoms with E-state index >= 15 is 0 Å². The number of benzene rings is 3. The lowest BCUT2D eigenvalue weighted by molar-refractivity contribution is -0.126. The van der Waals surface area contributed by atoms with Crippen molar-refractivity contribution in [2.24, 2.45) is 5.92 Å². The molecule has 0 unspecified atom stereocenters. The molecule has 138 valence electrons. The van der Waals surface area contributed by atoms with E-state index in [0.717, 1.165) is 38.0 Å². The van der Waals surface area contributed by atoms with E-state index in [9.17, 15) is 4.79 Å². The maximum Gasteiger partial charge on any atom is 0.223 e. The van der Waals surface area contributed by atoms with Gasteiger partial charge in [-0.15, -0.1) is 0 Å². The van der Waals surface area contributed by atoms with Gasteiger partial charge in [0.05, 0.1) is 0 Å². The Bertz CT molecular complexity index is 898. The van der Waals surface area contributed by atoms with Gasteiger partial charge in [0, 0.05) is 19.0 Å². The Kier molecular flexibility index (Phi) is 5.50. The molecule has 0 bridgehead atoms. The topological polar surface area (TPSA) is 32.3 Å². The molecule has 1 aliphatic heterocycles. The zero-order chi connectivity index (χ0) is 18.5. The summed E-state index contributed by atoms with van der Waals surface area (Å²) in [6, 6.07) is 25.3. The van der Waals surface area contributed by atoms with Crippen molar-refractivity contribution >= 4 is 16.7 Å². The van der Waals surface area contributed by atoms with E-state index < -0.39 is 0 Å². The summed E-state index contributed by atoms with van der Waals surface area (Å²) < 4.78 is 0. The molecular formula is C24H26N2O. The van der Waals surface area contributed by atoms with E-state index in [1.54, 1.807) is 0 Å². The Balaban J connectivity index is 1.26. The fourth-order valence-corrected chi connectivity index (χ4v) is 3.88. The highest BCUT2D eigenvalue weighted by molar-refractivity contribution is 5.83. The monoisotopic (exact) mass is 358 g/mol. The van der Waals surface area contributed by atoms with E-state index in [-0.39, 0.29) is 11.8 Å². The van der Waals surface area contributed by atoms with Crippen molar-refractivity contribution in [1.82, 2.24) is 10.2 Å². The maximum atomic E-state index is 12.6. The first-order valence-corrected chi connectivity index (χ1v) is 9.79. The van der Waals surface area contributed by atoms with Gasteiger partial charge in [-0.1, -0.05) is 66.7 Å². The highest BCUT2D eigenvalue weighted by atomic mass is 16.1. The molecule has 1 aliphatic rings. The minimum atomic E-state index is 0.137. The molecule has 0 spiro atoms. The van der Waals surface area contributed by atoms with E-state index in [2.05, 4.69) is 70.9 Å². The molecule has 0 atom stereocenters. The van der Waals surface area contributed by atoms with Crippen LogP contribution in [0.3, 0.4) is 0 Å². The van der Waals surface area contributed by atoms with Crippen LogP contribution in [0.4, 0.5) is 0 Å². The molecule has 0 saturated carbocycles. The van der Waals surface area contributed by atoms with Crippen molar-refractivity contribution in [3.8, 4) is 0 Å². The minimum absolute atomic E-state index is 0.137. The van der Waals surface area contributed by atoms with Crippen LogP contribution in [0.5, 0.6) is 0 Å². The number of carbonyl (C=O) groups is 1. The molecule has 3 aromatic carbocycles. The standard InChI is InChI=1S/C24H26N2O/c27-24(25-17-20-10-11-21-8-4-5-9-23(21)16-20)22-12-14-26(15-13-22)18-19-6-2-1-3-7-19/h1-11,16,22H,12-15,17-18H2,(H,25,27). The van der Waals surface area contributed by atoms with E-state index in [4.69, 9.17) is 0 Å². The summed E-state index contributed by atoms with van der Waals surface area (Å²) in [5, 5.41) is 5.60. The molecule has 0 aromatic heterocycles. The Morgan fingerprint density at radius 2 is 1.56 bits per heavy atom. The van der Waals surface area contributed by atoms with Gasteiger partial charge < -0.3 is 5.32 Å². The summed E-state index contributed by atoms with van der Waals surface area (Å²) in [4.78, 5) is 15.0. The predicted molar refractivity (Wildman–Crippen MR) is 110 cm³/mol. The Morgan fingerprint density at radius 3 is 2.33 bits per heavy atom. The molecule has 27 heavy (non-hydrogen) atoms. The number of rotatable bonds is 5. The maximum absolute atomic E-state index is 12.6. The first-order valence-electron chi connectivity index (χ1n) is 9.79. The molecule has 4 rings (SSSR count). The lowest BCUT2D eigenvalue weighted by atomic mass is 9.95. The van der Waals surface area contributed by atoms with Crippen molar-refractivity contribution in [2.75, 3.05) is 13.1 Å². The number of hydrogen-bond donors (Lipinski definition) is 1. The molecule has 3 aromatic rings. The van der Waals surface area contributed by atoms with Crippen LogP contribution >= 0.6 is 0 Å². The number of piperidine rings is 1. The van der Waals surface area contributed by atoms with Crippen molar-refractivity contribution < 1.29 is 4.79 Å². The third kappa shape index (κ3) is 4.55. The van der Waals surface area contributed by atoms with E-state index in [1.165, 1.54) is 16.3 Å². The van der Waals surface area contributed by atoms with Crippen molar-refractivity contribution in [1.29, 1.82) is 0 Å². The molecule has 3 nitrogen and oxygen atoms in total. The van der Waals surface area contributed by atoms with Crippen LogP contribution in [0, 0.1) is 5.92 Å². The van der Waals surface area contributed by atoms with Crippen molar-refractivity contribution in [3.63, 3.8) is 0 Å². The highest BCUT2D eigenvalue weighted by Crippen LogP contribution is 2.20. The third-order valence-electron chi connectivity index (χ3n) is 5.49. The zero-order valence-electron chi connectivity index (χ0n) is 15.6. The summed E-state index contributed by atoms with van der Waals surface area (Å²) in [5.74, 6) is 0.333. The van der Waals surface area contributed by atoms with Crippen LogP contribution < -0.4 is 5.32 Å². The van der Waals surface area contributed by atoms with Crippen LogP contribution in [0.1, 0.15) is 24.0 Å². The van der Waals surface area contributed by atoms with Crippen LogP contribution in [-0.2, 0) is 17.9 Å². The second-order valence-corrected chi connectivity index (χ2v) is 7.44. The smallest absolute Gasteiger partial charge is 0.223 e. The number of fused-ring (bicyclic) bond motifs is 1. The van der Waals surface area contributed by atoms with Gasteiger partial charge in [0.25, 0.3) is 0 Å². The number of carbonyl (C=O) groups excluding carboxylic acids is 1. The molecule has 0 radical (unpaired) electrons. The van der Waals surface area contributed by atoms with Gasteiger partial charge in [-0.25, -0.2) is 0 Å². The molecular weight excluding hydrogens is 332 g/mol. The average molecular weight is 358 g/mol. The Morgan fingerprint density at radius 1 is 0.852 bits per heavy atom. The quantitative estimate of drug-likeness (QED) is 0.735. The lowest BCUT2D eigenvalue weighted by Gasteiger charge is -2.31. The van der Waals surface area contributed by atoms with Gasteiger partial charge in [-0.05, 0) is 53.9 Å². The van der Waals surface area contributed by atoms with Gasteiger partial charge in [-0.2, -0.15) is 0 Å². The molecule has 1 fully saturated rings. The fourth-order valence-electron chi connectivity index (χ4n) is 3.88. The predicted octanol–water partition coefficient (Wildman–Crippen LogP) is 4.37. The average Bonchev–Trinajstić information content (AvgIpc) is 2.73. The first-order chi connectivity index (χ1) is 13.3. The summed E-state index contributed by atoms with van der Waals surface area (Å²) in [6.07, 6.45) is 1.88. The van der Waals surface area contributed by atoms with E-state index in [0.29, 0.717) is 6.54 Å². The number of nitrogens with one attached hydrogen (secondary N) is 1. The first kappa shape index (κ1) is 17.7. The fraction of sp³-hybridized carbons (Fsp3) is 0.292. The lowest BCUT2D eigenvalue weighted by Crippen LogP contribution is -2.40. The molecule has 1 N–H and O–H groups in total. The number of hydrogen-bond acceptors (Lipinski definition) is 2. The van der Waals surface area contributed by atoms with Gasteiger partial charge in [0.1, 0.15) is 0 Å². The normalized spacial score (nSPS) is 15.7. The third-order valence-corrected chi connectivity index (χ3v) is 5.49. The van der Waals surface area contributed by atoms with Gasteiger partial charge in [0.2, 0.25) is 5.91 Å². The number of likely N-dealkylation sites (tertiary alicyclic amines) is 1. The molecule has 1 saturated heterocycles. The second kappa shape index (κ2) is 8.36. The van der Waals surface area contributed by atoms with Crippen LogP contribution in [0.25, 0.3) is 10.8 Å². The highest BCUT2D eigenvalue weighted by Gasteiger charge is 2.24. The van der Waals surface area contributed by atoms with E-state index in [1.807, 2.05) is 12.1 Å². The van der Waals surface area contributed by atoms with Gasteiger partial charge in [-0.3, -0.25) is 9.69 Å². The Labute approximate surface area is 161 Å². The van der Waals surface area contributed by atoms with Crippen molar-refractivity contribution in [2.45, 2.75) is 25.9 Å². The van der Waals surface area contributed by atoms with Crippen LogP contribution in [0.2, 0.25) is 0 Å². The number of amides is 1. The Hall–Kier alpha value is -2.65. The number of nitrogens with zero attached hydrogens (tertiary/aromatic N) is 1. The van der Waals surface area contributed by atoms with Crippen LogP contribution in [-0.4, -0.2) is 23.9 Å². The van der Waals surface area contributed by atoms with Gasteiger partial charge >= 0.3 is 0 Å². The van der Waals surface area contributed by atoms with Crippen LogP contribution in [0.15, 0.2) is 72.8 Å². The van der Waals surface area contributed by atoms with Crippen molar-refractivity contribution in [3.05, 3.63) is 83.9 Å². The molecule has 1 heterocycles. The zero-order valence-corrected chi connectivity index (χ0v) is 15.6. The van der Waals surface area contributed by atoms with Gasteiger partial charge in [0.15, 0.2) is 0 Å². The molecule has 0 aliphatic carbocycles. The second-order valence-electron chi connectivity index (χ2n) is 7.44. The largest absolute Gasteiger partial charge is 0.352 e. The summed E-state index contributed by atoms with van der Waals surface area (Å²) in [5.41, 5.74) is 2.50. The molecule has 3 heteroatoms. The summed E-state index contributed by atoms with van der Waals surface area (Å²) in [7, 11) is 0. The SMILES string of the molecule is O=C(NCc1ccc2ccccc2c1)C1CCN(Cc2ccccc2)CC1.